The average molecular weight is 295 g/mol. The molecular weight excluding hydrogens is 282 g/mol. The zero-order valence-corrected chi connectivity index (χ0v) is 12.0. The monoisotopic (exact) mass is 295 g/mol. The molecule has 0 saturated heterocycles. The quantitative estimate of drug-likeness (QED) is 0.804. The second kappa shape index (κ2) is 5.85. The number of hydrogen-bond donors (Lipinski definition) is 1. The van der Waals surface area contributed by atoms with Gasteiger partial charge in [0, 0.05) is 35.3 Å². The summed E-state index contributed by atoms with van der Waals surface area (Å²) < 4.78 is 0. The minimum Gasteiger partial charge on any atom is -0.366 e. The lowest BCUT2D eigenvalue weighted by atomic mass is 10.0. The van der Waals surface area contributed by atoms with Gasteiger partial charge < -0.3 is 5.73 Å². The molecule has 0 atom stereocenters. The van der Waals surface area contributed by atoms with Gasteiger partial charge in [-0.15, -0.1) is 11.3 Å². The van der Waals surface area contributed by atoms with Crippen LogP contribution in [0.3, 0.4) is 0 Å². The van der Waals surface area contributed by atoms with Gasteiger partial charge >= 0.3 is 0 Å². The molecule has 1 amide bonds. The molecule has 0 fully saturated rings. The lowest BCUT2D eigenvalue weighted by molar-refractivity contribution is 0.0999. The summed E-state index contributed by atoms with van der Waals surface area (Å²) in [7, 11) is 0. The van der Waals surface area contributed by atoms with Crippen molar-refractivity contribution >= 4 is 17.2 Å². The Kier molecular flexibility index (Phi) is 3.75. The lowest BCUT2D eigenvalue weighted by Crippen LogP contribution is -2.13. The zero-order chi connectivity index (χ0) is 14.7. The van der Waals surface area contributed by atoms with E-state index in [9.17, 15) is 4.79 Å². The highest BCUT2D eigenvalue weighted by Gasteiger charge is 2.10. The summed E-state index contributed by atoms with van der Waals surface area (Å²) >= 11 is 1.58. The average Bonchev–Trinajstić information content (AvgIpc) is 2.97. The molecular formula is C16H13N3OS. The minimum atomic E-state index is -0.406. The Balaban J connectivity index is 1.87. The maximum Gasteiger partial charge on any atom is 0.248 e. The third-order valence-electron chi connectivity index (χ3n) is 3.15. The van der Waals surface area contributed by atoms with E-state index in [1.807, 2.05) is 35.7 Å². The SMILES string of the molecule is NC(=O)c1ccccc1Cc1nc(-c2ccncc2)cs1. The van der Waals surface area contributed by atoms with Crippen LogP contribution in [0, 0.1) is 0 Å². The maximum atomic E-state index is 11.4. The van der Waals surface area contributed by atoms with Gasteiger partial charge in [-0.25, -0.2) is 4.98 Å². The molecule has 2 N–H and O–H groups in total. The van der Waals surface area contributed by atoms with Crippen molar-refractivity contribution in [2.45, 2.75) is 6.42 Å². The predicted molar refractivity (Wildman–Crippen MR) is 83.1 cm³/mol. The number of nitrogens with two attached hydrogens (primary N) is 1. The van der Waals surface area contributed by atoms with Crippen molar-refractivity contribution in [3.63, 3.8) is 0 Å². The van der Waals surface area contributed by atoms with Crippen molar-refractivity contribution in [1.29, 1.82) is 0 Å². The Labute approximate surface area is 126 Å². The summed E-state index contributed by atoms with van der Waals surface area (Å²) in [6, 6.07) is 11.2. The summed E-state index contributed by atoms with van der Waals surface area (Å²) in [5.74, 6) is -0.406. The number of primary amides is 1. The van der Waals surface area contributed by atoms with Gasteiger partial charge in [-0.1, -0.05) is 18.2 Å². The van der Waals surface area contributed by atoms with Gasteiger partial charge in [0.2, 0.25) is 5.91 Å². The number of thiazole rings is 1. The molecule has 0 radical (unpaired) electrons. The first kappa shape index (κ1) is 13.5. The first-order valence-electron chi connectivity index (χ1n) is 6.46. The molecule has 0 spiro atoms. The Morgan fingerprint density at radius 1 is 1.14 bits per heavy atom. The van der Waals surface area contributed by atoms with Crippen molar-refractivity contribution in [1.82, 2.24) is 9.97 Å². The topological polar surface area (TPSA) is 68.9 Å². The fraction of sp³-hybridized carbons (Fsp3) is 0.0625. The highest BCUT2D eigenvalue weighted by Crippen LogP contribution is 2.23. The molecule has 2 aromatic heterocycles. The minimum absolute atomic E-state index is 0.406. The number of pyridine rings is 1. The second-order valence-corrected chi connectivity index (χ2v) is 5.50. The van der Waals surface area contributed by atoms with Crippen LogP contribution in [0.4, 0.5) is 0 Å². The van der Waals surface area contributed by atoms with Crippen LogP contribution in [0.2, 0.25) is 0 Å². The van der Waals surface area contributed by atoms with Crippen molar-refractivity contribution in [3.05, 3.63) is 70.3 Å². The van der Waals surface area contributed by atoms with Crippen LogP contribution >= 0.6 is 11.3 Å². The molecule has 1 aromatic carbocycles. The van der Waals surface area contributed by atoms with Crippen LogP contribution < -0.4 is 5.73 Å². The Bertz CT molecular complexity index is 768. The third-order valence-corrected chi connectivity index (χ3v) is 4.00. The number of carbonyl (C=O) groups is 1. The van der Waals surface area contributed by atoms with Gasteiger partial charge in [0.1, 0.15) is 0 Å². The number of benzene rings is 1. The predicted octanol–water partition coefficient (Wildman–Crippen LogP) is 2.89. The third kappa shape index (κ3) is 2.98. The molecule has 3 rings (SSSR count). The molecule has 104 valence electrons. The van der Waals surface area contributed by atoms with Crippen LogP contribution in [0.15, 0.2) is 54.2 Å². The first-order chi connectivity index (χ1) is 10.2. The van der Waals surface area contributed by atoms with Crippen molar-refractivity contribution in [2.75, 3.05) is 0 Å². The van der Waals surface area contributed by atoms with E-state index in [4.69, 9.17) is 5.73 Å². The number of hydrogen-bond acceptors (Lipinski definition) is 4. The lowest BCUT2D eigenvalue weighted by Gasteiger charge is -2.04. The fourth-order valence-corrected chi connectivity index (χ4v) is 2.95. The molecule has 3 aromatic rings. The number of amides is 1. The normalized spacial score (nSPS) is 10.5. The molecule has 5 heteroatoms. The Hall–Kier alpha value is -2.53. The Morgan fingerprint density at radius 2 is 1.90 bits per heavy atom. The maximum absolute atomic E-state index is 11.4. The molecule has 0 aliphatic rings. The summed E-state index contributed by atoms with van der Waals surface area (Å²) in [5.41, 5.74) is 8.82. The van der Waals surface area contributed by atoms with E-state index in [0.29, 0.717) is 12.0 Å². The summed E-state index contributed by atoms with van der Waals surface area (Å²) in [4.78, 5) is 20.1. The Morgan fingerprint density at radius 3 is 2.67 bits per heavy atom. The van der Waals surface area contributed by atoms with E-state index in [0.717, 1.165) is 21.8 Å². The van der Waals surface area contributed by atoms with Gasteiger partial charge in [0.15, 0.2) is 0 Å². The van der Waals surface area contributed by atoms with Gasteiger partial charge in [-0.2, -0.15) is 0 Å². The molecule has 0 saturated carbocycles. The van der Waals surface area contributed by atoms with Crippen molar-refractivity contribution in [2.24, 2.45) is 5.73 Å². The second-order valence-electron chi connectivity index (χ2n) is 4.56. The van der Waals surface area contributed by atoms with E-state index < -0.39 is 5.91 Å². The molecule has 0 aliphatic heterocycles. The van der Waals surface area contributed by atoms with Gasteiger partial charge in [0.25, 0.3) is 0 Å². The van der Waals surface area contributed by atoms with Gasteiger partial charge in [-0.3, -0.25) is 9.78 Å². The largest absolute Gasteiger partial charge is 0.366 e. The van der Waals surface area contributed by atoms with E-state index >= 15 is 0 Å². The summed E-state index contributed by atoms with van der Waals surface area (Å²) in [6.07, 6.45) is 4.10. The van der Waals surface area contributed by atoms with Crippen LogP contribution in [0.1, 0.15) is 20.9 Å². The molecule has 21 heavy (non-hydrogen) atoms. The van der Waals surface area contributed by atoms with E-state index in [1.165, 1.54) is 0 Å². The molecule has 0 aliphatic carbocycles. The highest BCUT2D eigenvalue weighted by atomic mass is 32.1. The van der Waals surface area contributed by atoms with Crippen LogP contribution in [0.25, 0.3) is 11.3 Å². The first-order valence-corrected chi connectivity index (χ1v) is 7.34. The summed E-state index contributed by atoms with van der Waals surface area (Å²) in [5, 5.41) is 2.97. The molecule has 0 unspecified atom stereocenters. The number of aromatic nitrogens is 2. The van der Waals surface area contributed by atoms with Crippen molar-refractivity contribution in [3.8, 4) is 11.3 Å². The van der Waals surface area contributed by atoms with E-state index in [1.54, 1.807) is 29.8 Å². The van der Waals surface area contributed by atoms with Crippen LogP contribution in [-0.2, 0) is 6.42 Å². The van der Waals surface area contributed by atoms with Crippen molar-refractivity contribution < 1.29 is 4.79 Å². The van der Waals surface area contributed by atoms with Gasteiger partial charge in [-0.05, 0) is 23.8 Å². The molecule has 4 nitrogen and oxygen atoms in total. The standard InChI is InChI=1S/C16H13N3OS/c17-16(20)13-4-2-1-3-12(13)9-15-19-14(10-21-15)11-5-7-18-8-6-11/h1-8,10H,9H2,(H2,17,20). The molecule has 0 bridgehead atoms. The highest BCUT2D eigenvalue weighted by molar-refractivity contribution is 7.10. The summed E-state index contributed by atoms with van der Waals surface area (Å²) in [6.45, 7) is 0. The fourth-order valence-electron chi connectivity index (χ4n) is 2.13. The van der Waals surface area contributed by atoms with Crippen LogP contribution in [0.5, 0.6) is 0 Å². The number of nitrogens with zero attached hydrogens (tertiary/aromatic N) is 2. The van der Waals surface area contributed by atoms with Crippen LogP contribution in [-0.4, -0.2) is 15.9 Å². The smallest absolute Gasteiger partial charge is 0.248 e. The molecule has 2 heterocycles. The van der Waals surface area contributed by atoms with Gasteiger partial charge in [0.05, 0.1) is 10.7 Å². The number of carbonyl (C=O) groups excluding carboxylic acids is 1. The van der Waals surface area contributed by atoms with E-state index in [-0.39, 0.29) is 0 Å². The van der Waals surface area contributed by atoms with E-state index in [2.05, 4.69) is 9.97 Å². The number of rotatable bonds is 4. The zero-order valence-electron chi connectivity index (χ0n) is 11.2.